The fourth-order valence-corrected chi connectivity index (χ4v) is 2.15. The van der Waals surface area contributed by atoms with Gasteiger partial charge in [-0.25, -0.2) is 0 Å². The quantitative estimate of drug-likeness (QED) is 0.701. The third-order valence-corrected chi connectivity index (χ3v) is 3.34. The smallest absolute Gasteiger partial charge is 0.159 e. The molecule has 2 nitrogen and oxygen atoms in total. The van der Waals surface area contributed by atoms with Gasteiger partial charge in [0, 0.05) is 6.42 Å². The first-order chi connectivity index (χ1) is 7.57. The molecule has 0 aromatic rings. The number of carbonyl (C=O) groups is 1. The van der Waals surface area contributed by atoms with Gasteiger partial charge in [0.05, 0.1) is 6.10 Å². The van der Waals surface area contributed by atoms with Gasteiger partial charge in [-0.2, -0.15) is 0 Å². The summed E-state index contributed by atoms with van der Waals surface area (Å²) >= 11 is 0. The standard InChI is InChI=1S/C14H22O2/c1-4-5-6-7-13(15)10(2)12-8-9-14(16)11(12)3/h13,15H,2,4-9H2,1,3H3. The Labute approximate surface area is 98.1 Å². The van der Waals surface area contributed by atoms with E-state index in [1.807, 2.05) is 6.92 Å². The third kappa shape index (κ3) is 3.05. The number of allylic oxidation sites excluding steroid dienone is 1. The van der Waals surface area contributed by atoms with Crippen LogP contribution in [-0.2, 0) is 4.79 Å². The van der Waals surface area contributed by atoms with E-state index < -0.39 is 6.10 Å². The number of hydrogen-bond acceptors (Lipinski definition) is 2. The molecule has 2 heteroatoms. The van der Waals surface area contributed by atoms with Crippen molar-refractivity contribution in [2.45, 2.75) is 58.5 Å². The maximum absolute atomic E-state index is 11.4. The molecule has 0 radical (unpaired) electrons. The lowest BCUT2D eigenvalue weighted by Gasteiger charge is -2.15. The molecule has 1 N–H and O–H groups in total. The van der Waals surface area contributed by atoms with Crippen LogP contribution in [0.1, 0.15) is 52.4 Å². The summed E-state index contributed by atoms with van der Waals surface area (Å²) in [6.45, 7) is 7.92. The van der Waals surface area contributed by atoms with Crippen molar-refractivity contribution in [1.29, 1.82) is 0 Å². The van der Waals surface area contributed by atoms with Crippen LogP contribution in [0, 0.1) is 0 Å². The second-order valence-corrected chi connectivity index (χ2v) is 4.56. The Kier molecular flexibility index (Phi) is 4.94. The molecule has 0 amide bonds. The molecule has 0 fully saturated rings. The van der Waals surface area contributed by atoms with Crippen LogP contribution < -0.4 is 0 Å². The maximum Gasteiger partial charge on any atom is 0.159 e. The lowest BCUT2D eigenvalue weighted by atomic mass is 9.96. The van der Waals surface area contributed by atoms with E-state index in [0.717, 1.165) is 48.8 Å². The lowest BCUT2D eigenvalue weighted by molar-refractivity contribution is -0.114. The fraction of sp³-hybridized carbons (Fsp3) is 0.643. The zero-order valence-electron chi connectivity index (χ0n) is 10.4. The first-order valence-electron chi connectivity index (χ1n) is 6.18. The maximum atomic E-state index is 11.4. The summed E-state index contributed by atoms with van der Waals surface area (Å²) in [6.07, 6.45) is 4.95. The molecular formula is C14H22O2. The third-order valence-electron chi connectivity index (χ3n) is 3.34. The highest BCUT2D eigenvalue weighted by Crippen LogP contribution is 2.30. The average Bonchev–Trinajstić information content (AvgIpc) is 2.59. The van der Waals surface area contributed by atoms with Crippen LogP contribution in [0.4, 0.5) is 0 Å². The Hall–Kier alpha value is -0.890. The Morgan fingerprint density at radius 2 is 2.12 bits per heavy atom. The largest absolute Gasteiger partial charge is 0.388 e. The van der Waals surface area contributed by atoms with Crippen molar-refractivity contribution in [1.82, 2.24) is 0 Å². The van der Waals surface area contributed by atoms with Crippen LogP contribution in [0.3, 0.4) is 0 Å². The Bertz CT molecular complexity index is 313. The first kappa shape index (κ1) is 13.2. The molecule has 0 aromatic carbocycles. The highest BCUT2D eigenvalue weighted by atomic mass is 16.3. The molecule has 1 atom stereocenters. The van der Waals surface area contributed by atoms with E-state index in [2.05, 4.69) is 13.5 Å². The topological polar surface area (TPSA) is 37.3 Å². The molecule has 1 aliphatic carbocycles. The van der Waals surface area contributed by atoms with Crippen molar-refractivity contribution in [3.05, 3.63) is 23.3 Å². The van der Waals surface area contributed by atoms with Crippen molar-refractivity contribution >= 4 is 5.78 Å². The van der Waals surface area contributed by atoms with Crippen molar-refractivity contribution in [3.8, 4) is 0 Å². The van der Waals surface area contributed by atoms with Crippen molar-refractivity contribution < 1.29 is 9.90 Å². The summed E-state index contributed by atoms with van der Waals surface area (Å²) in [5.74, 6) is 0.205. The van der Waals surface area contributed by atoms with Gasteiger partial charge in [0.1, 0.15) is 0 Å². The monoisotopic (exact) mass is 222 g/mol. The minimum absolute atomic E-state index is 0.205. The molecule has 0 saturated carbocycles. The molecule has 16 heavy (non-hydrogen) atoms. The van der Waals surface area contributed by atoms with E-state index in [1.165, 1.54) is 0 Å². The van der Waals surface area contributed by atoms with Gasteiger partial charge in [-0.1, -0.05) is 32.8 Å². The Balaban J connectivity index is 2.54. The lowest BCUT2D eigenvalue weighted by Crippen LogP contribution is -2.11. The van der Waals surface area contributed by atoms with Gasteiger partial charge in [0.15, 0.2) is 5.78 Å². The molecule has 1 aliphatic rings. The molecule has 90 valence electrons. The molecule has 0 saturated heterocycles. The normalized spacial score (nSPS) is 18.1. The molecule has 0 spiro atoms. The summed E-state index contributed by atoms with van der Waals surface area (Å²) in [5, 5.41) is 9.96. The van der Waals surface area contributed by atoms with Gasteiger partial charge >= 0.3 is 0 Å². The van der Waals surface area contributed by atoms with Crippen LogP contribution in [0.5, 0.6) is 0 Å². The summed E-state index contributed by atoms with van der Waals surface area (Å²) in [4.78, 5) is 11.4. The molecule has 0 aromatic heterocycles. The van der Waals surface area contributed by atoms with Crippen LogP contribution >= 0.6 is 0 Å². The fourth-order valence-electron chi connectivity index (χ4n) is 2.15. The highest BCUT2D eigenvalue weighted by Gasteiger charge is 2.23. The highest BCUT2D eigenvalue weighted by molar-refractivity contribution is 5.99. The van der Waals surface area contributed by atoms with Crippen LogP contribution in [0.15, 0.2) is 23.3 Å². The van der Waals surface area contributed by atoms with Gasteiger partial charge in [0.2, 0.25) is 0 Å². The minimum atomic E-state index is -0.470. The van der Waals surface area contributed by atoms with Gasteiger partial charge in [-0.05, 0) is 36.5 Å². The summed E-state index contributed by atoms with van der Waals surface area (Å²) in [7, 11) is 0. The molecule has 0 bridgehead atoms. The molecule has 0 heterocycles. The number of hydrogen-bond donors (Lipinski definition) is 1. The van der Waals surface area contributed by atoms with Crippen LogP contribution in [0.25, 0.3) is 0 Å². The number of carbonyl (C=O) groups excluding carboxylic acids is 1. The molecule has 0 aliphatic heterocycles. The van der Waals surface area contributed by atoms with Crippen molar-refractivity contribution in [3.63, 3.8) is 0 Å². The molecule has 1 rings (SSSR count). The van der Waals surface area contributed by atoms with E-state index in [-0.39, 0.29) is 5.78 Å². The molecule has 1 unspecified atom stereocenters. The zero-order chi connectivity index (χ0) is 12.1. The van der Waals surface area contributed by atoms with Crippen LogP contribution in [0.2, 0.25) is 0 Å². The Morgan fingerprint density at radius 3 is 2.62 bits per heavy atom. The van der Waals surface area contributed by atoms with E-state index >= 15 is 0 Å². The van der Waals surface area contributed by atoms with E-state index in [9.17, 15) is 9.90 Å². The number of rotatable bonds is 6. The van der Waals surface area contributed by atoms with E-state index in [0.29, 0.717) is 6.42 Å². The van der Waals surface area contributed by atoms with Gasteiger partial charge in [0.25, 0.3) is 0 Å². The predicted molar refractivity (Wildman–Crippen MR) is 66.2 cm³/mol. The zero-order valence-corrected chi connectivity index (χ0v) is 10.4. The SMILES string of the molecule is C=C(C1=C(C)C(=O)CC1)C(O)CCCCC. The van der Waals surface area contributed by atoms with Gasteiger partial charge in [-0.15, -0.1) is 0 Å². The van der Waals surface area contributed by atoms with Gasteiger partial charge < -0.3 is 5.11 Å². The second-order valence-electron chi connectivity index (χ2n) is 4.56. The number of ketones is 1. The van der Waals surface area contributed by atoms with Crippen molar-refractivity contribution in [2.24, 2.45) is 0 Å². The number of unbranched alkanes of at least 4 members (excludes halogenated alkanes) is 2. The summed E-state index contributed by atoms with van der Waals surface area (Å²) in [6, 6.07) is 0. The number of aliphatic hydroxyl groups is 1. The summed E-state index contributed by atoms with van der Waals surface area (Å²) in [5.41, 5.74) is 2.56. The summed E-state index contributed by atoms with van der Waals surface area (Å²) < 4.78 is 0. The first-order valence-corrected chi connectivity index (χ1v) is 6.18. The Morgan fingerprint density at radius 1 is 1.44 bits per heavy atom. The second kappa shape index (κ2) is 6.00. The number of Topliss-reactive ketones (excluding diaryl/α,β-unsaturated/α-hetero) is 1. The van der Waals surface area contributed by atoms with Crippen LogP contribution in [-0.4, -0.2) is 17.0 Å². The van der Waals surface area contributed by atoms with E-state index in [1.54, 1.807) is 0 Å². The predicted octanol–water partition coefficient (Wildman–Crippen LogP) is 3.16. The van der Waals surface area contributed by atoms with E-state index in [4.69, 9.17) is 0 Å². The minimum Gasteiger partial charge on any atom is -0.388 e. The van der Waals surface area contributed by atoms with Crippen molar-refractivity contribution in [2.75, 3.05) is 0 Å². The molecular weight excluding hydrogens is 200 g/mol. The van der Waals surface area contributed by atoms with Gasteiger partial charge in [-0.3, -0.25) is 4.79 Å². The number of aliphatic hydroxyl groups excluding tert-OH is 1. The average molecular weight is 222 g/mol.